The highest BCUT2D eigenvalue weighted by molar-refractivity contribution is 6.30. The molecule has 0 saturated heterocycles. The van der Waals surface area contributed by atoms with Gasteiger partial charge in [0.15, 0.2) is 0 Å². The van der Waals surface area contributed by atoms with Crippen LogP contribution in [0.5, 0.6) is 11.5 Å². The molecule has 0 saturated carbocycles. The largest absolute Gasteiger partial charge is 0.457 e. The molecule has 4 heteroatoms. The van der Waals surface area contributed by atoms with Gasteiger partial charge in [-0.2, -0.15) is 0 Å². The van der Waals surface area contributed by atoms with Crippen molar-refractivity contribution < 1.29 is 9.13 Å². The average Bonchev–Trinajstić information content (AvgIpc) is 2.41. The Morgan fingerprint density at radius 2 is 1.85 bits per heavy atom. The molecule has 106 valence electrons. The summed E-state index contributed by atoms with van der Waals surface area (Å²) in [6.45, 7) is 4.64. The van der Waals surface area contributed by atoms with E-state index in [9.17, 15) is 4.39 Å². The summed E-state index contributed by atoms with van der Waals surface area (Å²) < 4.78 is 19.1. The van der Waals surface area contributed by atoms with E-state index in [0.29, 0.717) is 29.1 Å². The van der Waals surface area contributed by atoms with Crippen molar-refractivity contribution in [3.05, 3.63) is 58.9 Å². The maximum Gasteiger partial charge on any atom is 0.132 e. The Morgan fingerprint density at radius 3 is 2.50 bits per heavy atom. The van der Waals surface area contributed by atoms with E-state index in [2.05, 4.69) is 5.32 Å². The summed E-state index contributed by atoms with van der Waals surface area (Å²) in [6.07, 6.45) is 0. The molecule has 0 fully saturated rings. The summed E-state index contributed by atoms with van der Waals surface area (Å²) in [5.41, 5.74) is 0.786. The van der Waals surface area contributed by atoms with Crippen LogP contribution in [0.15, 0.2) is 42.5 Å². The Bertz CT molecular complexity index is 569. The summed E-state index contributed by atoms with van der Waals surface area (Å²) in [6, 6.07) is 11.9. The topological polar surface area (TPSA) is 21.3 Å². The fraction of sp³-hybridized carbons (Fsp3) is 0.250. The zero-order chi connectivity index (χ0) is 14.5. The Morgan fingerprint density at radius 1 is 1.15 bits per heavy atom. The monoisotopic (exact) mass is 293 g/mol. The van der Waals surface area contributed by atoms with Crippen molar-refractivity contribution in [2.75, 3.05) is 0 Å². The lowest BCUT2D eigenvalue weighted by Gasteiger charge is -2.13. The van der Waals surface area contributed by atoms with Crippen LogP contribution in [-0.2, 0) is 6.54 Å². The van der Waals surface area contributed by atoms with Crippen LogP contribution in [0.4, 0.5) is 4.39 Å². The van der Waals surface area contributed by atoms with Crippen LogP contribution in [0.25, 0.3) is 0 Å². The Kier molecular flexibility index (Phi) is 4.99. The molecular formula is C16H17ClFNO. The fourth-order valence-corrected chi connectivity index (χ4v) is 1.86. The van der Waals surface area contributed by atoms with Crippen LogP contribution in [0.1, 0.15) is 19.4 Å². The molecule has 0 aromatic heterocycles. The number of halogens is 2. The number of hydrogen-bond acceptors (Lipinski definition) is 2. The number of ether oxygens (including phenoxy) is 1. The van der Waals surface area contributed by atoms with E-state index in [0.717, 1.165) is 5.56 Å². The minimum Gasteiger partial charge on any atom is -0.457 e. The second-order valence-corrected chi connectivity index (χ2v) is 5.28. The van der Waals surface area contributed by atoms with Crippen LogP contribution in [-0.4, -0.2) is 6.04 Å². The maximum absolute atomic E-state index is 13.4. The van der Waals surface area contributed by atoms with Crippen LogP contribution >= 0.6 is 11.6 Å². The third kappa shape index (κ3) is 4.22. The third-order valence-electron chi connectivity index (χ3n) is 2.76. The minimum atomic E-state index is -0.269. The molecule has 0 amide bonds. The molecule has 0 atom stereocenters. The second kappa shape index (κ2) is 6.73. The van der Waals surface area contributed by atoms with Crippen molar-refractivity contribution in [1.29, 1.82) is 0 Å². The predicted octanol–water partition coefficient (Wildman–Crippen LogP) is 4.77. The van der Waals surface area contributed by atoms with Gasteiger partial charge in [-0.3, -0.25) is 0 Å². The van der Waals surface area contributed by atoms with Gasteiger partial charge in [0.25, 0.3) is 0 Å². The highest BCUT2D eigenvalue weighted by atomic mass is 35.5. The second-order valence-electron chi connectivity index (χ2n) is 4.84. The summed E-state index contributed by atoms with van der Waals surface area (Å²) in [7, 11) is 0. The lowest BCUT2D eigenvalue weighted by atomic mass is 10.2. The highest BCUT2D eigenvalue weighted by Crippen LogP contribution is 2.27. The van der Waals surface area contributed by atoms with Crippen molar-refractivity contribution in [2.45, 2.75) is 26.4 Å². The normalized spacial score (nSPS) is 10.8. The van der Waals surface area contributed by atoms with Crippen molar-refractivity contribution >= 4 is 11.6 Å². The molecule has 0 unspecified atom stereocenters. The van der Waals surface area contributed by atoms with Gasteiger partial charge in [0.05, 0.1) is 0 Å². The lowest BCUT2D eigenvalue weighted by molar-refractivity contribution is 0.466. The third-order valence-corrected chi connectivity index (χ3v) is 3.02. The molecule has 0 aliphatic carbocycles. The molecule has 1 N–H and O–H groups in total. The van der Waals surface area contributed by atoms with Gasteiger partial charge in [-0.15, -0.1) is 0 Å². The van der Waals surface area contributed by atoms with E-state index < -0.39 is 0 Å². The molecule has 20 heavy (non-hydrogen) atoms. The highest BCUT2D eigenvalue weighted by Gasteiger charge is 2.07. The van der Waals surface area contributed by atoms with Crippen LogP contribution in [0.3, 0.4) is 0 Å². The van der Waals surface area contributed by atoms with Gasteiger partial charge >= 0.3 is 0 Å². The summed E-state index contributed by atoms with van der Waals surface area (Å²) in [5, 5.41) is 3.91. The van der Waals surface area contributed by atoms with Gasteiger partial charge in [-0.05, 0) is 42.5 Å². The molecule has 2 aromatic carbocycles. The van der Waals surface area contributed by atoms with E-state index in [1.54, 1.807) is 30.3 Å². The predicted molar refractivity (Wildman–Crippen MR) is 79.9 cm³/mol. The number of hydrogen-bond donors (Lipinski definition) is 1. The number of nitrogens with one attached hydrogen (secondary N) is 1. The number of benzene rings is 2. The standard InChI is InChI=1S/C16H17ClFNO/c1-11(2)19-10-12-9-14(18)5-8-16(12)20-15-6-3-13(17)4-7-15/h3-9,11,19H,10H2,1-2H3. The van der Waals surface area contributed by atoms with E-state index in [-0.39, 0.29) is 5.82 Å². The molecule has 0 radical (unpaired) electrons. The summed E-state index contributed by atoms with van der Waals surface area (Å²) >= 11 is 5.84. The van der Waals surface area contributed by atoms with Crippen LogP contribution in [0, 0.1) is 5.82 Å². The van der Waals surface area contributed by atoms with Crippen LogP contribution < -0.4 is 10.1 Å². The van der Waals surface area contributed by atoms with E-state index >= 15 is 0 Å². The first-order chi connectivity index (χ1) is 9.54. The average molecular weight is 294 g/mol. The number of rotatable bonds is 5. The lowest BCUT2D eigenvalue weighted by Crippen LogP contribution is -2.22. The van der Waals surface area contributed by atoms with Crippen molar-refractivity contribution in [3.63, 3.8) is 0 Å². The first kappa shape index (κ1) is 14.8. The summed E-state index contributed by atoms with van der Waals surface area (Å²) in [5.74, 6) is 1.04. The smallest absolute Gasteiger partial charge is 0.132 e. The summed E-state index contributed by atoms with van der Waals surface area (Å²) in [4.78, 5) is 0. The van der Waals surface area contributed by atoms with Crippen molar-refractivity contribution in [3.8, 4) is 11.5 Å². The van der Waals surface area contributed by atoms with Gasteiger partial charge in [-0.25, -0.2) is 4.39 Å². The molecule has 0 bridgehead atoms. The van der Waals surface area contributed by atoms with Gasteiger partial charge in [0.1, 0.15) is 17.3 Å². The zero-order valence-electron chi connectivity index (χ0n) is 11.5. The molecule has 2 aromatic rings. The van der Waals surface area contributed by atoms with Gasteiger partial charge in [0.2, 0.25) is 0 Å². The molecule has 0 heterocycles. The van der Waals surface area contributed by atoms with Crippen molar-refractivity contribution in [2.24, 2.45) is 0 Å². The fourth-order valence-electron chi connectivity index (χ4n) is 1.73. The molecule has 2 nitrogen and oxygen atoms in total. The van der Waals surface area contributed by atoms with Crippen molar-refractivity contribution in [1.82, 2.24) is 5.32 Å². The Labute approximate surface area is 123 Å². The van der Waals surface area contributed by atoms with E-state index in [1.807, 2.05) is 13.8 Å². The van der Waals surface area contributed by atoms with Crippen LogP contribution in [0.2, 0.25) is 5.02 Å². The molecule has 0 spiro atoms. The molecule has 2 rings (SSSR count). The van der Waals surface area contributed by atoms with Gasteiger partial charge in [0, 0.05) is 23.2 Å². The SMILES string of the molecule is CC(C)NCc1cc(F)ccc1Oc1ccc(Cl)cc1. The maximum atomic E-state index is 13.4. The van der Waals surface area contributed by atoms with E-state index in [1.165, 1.54) is 12.1 Å². The first-order valence-corrected chi connectivity index (χ1v) is 6.87. The first-order valence-electron chi connectivity index (χ1n) is 6.50. The Hall–Kier alpha value is -1.58. The Balaban J connectivity index is 2.19. The molecular weight excluding hydrogens is 277 g/mol. The van der Waals surface area contributed by atoms with E-state index in [4.69, 9.17) is 16.3 Å². The zero-order valence-corrected chi connectivity index (χ0v) is 12.2. The quantitative estimate of drug-likeness (QED) is 0.857. The molecule has 0 aliphatic rings. The van der Waals surface area contributed by atoms with Gasteiger partial charge in [-0.1, -0.05) is 25.4 Å². The minimum absolute atomic E-state index is 0.269. The van der Waals surface area contributed by atoms with Gasteiger partial charge < -0.3 is 10.1 Å². The molecule has 0 aliphatic heterocycles.